The van der Waals surface area contributed by atoms with Crippen LogP contribution in [0.1, 0.15) is 11.1 Å². The average molecular weight is 251 g/mol. The van der Waals surface area contributed by atoms with Crippen LogP contribution in [0.15, 0.2) is 66.7 Å². The van der Waals surface area contributed by atoms with Crippen LogP contribution in [0.4, 0.5) is 0 Å². The fourth-order valence-electron chi connectivity index (χ4n) is 1.65. The van der Waals surface area contributed by atoms with Gasteiger partial charge in [0.05, 0.1) is 0 Å². The number of rotatable bonds is 3. The SMILES string of the molecule is [Co]=[CH]C=C(c1ccccc1)c1ccccc1. The molecule has 0 atom stereocenters. The van der Waals surface area contributed by atoms with Gasteiger partial charge in [-0.25, -0.2) is 0 Å². The molecule has 2 rings (SSSR count). The van der Waals surface area contributed by atoms with Crippen LogP contribution < -0.4 is 0 Å². The molecule has 2 aromatic carbocycles. The monoisotopic (exact) mass is 251 g/mol. The molecule has 0 saturated carbocycles. The summed E-state index contributed by atoms with van der Waals surface area (Å²) in [6.45, 7) is 0. The Bertz CT molecular complexity index is 442. The van der Waals surface area contributed by atoms with Gasteiger partial charge >= 0.3 is 104 Å². The van der Waals surface area contributed by atoms with Crippen LogP contribution in [0.3, 0.4) is 0 Å². The summed E-state index contributed by atoms with van der Waals surface area (Å²) in [5, 5.41) is 0. The summed E-state index contributed by atoms with van der Waals surface area (Å²) >= 11 is 4.21. The Labute approximate surface area is 104 Å². The molecular formula is C15H12Co. The number of hydrogen-bond donors (Lipinski definition) is 0. The van der Waals surface area contributed by atoms with Crippen LogP contribution >= 0.6 is 0 Å². The summed E-state index contributed by atoms with van der Waals surface area (Å²) in [4.78, 5) is 1.77. The van der Waals surface area contributed by atoms with Gasteiger partial charge in [-0.3, -0.25) is 0 Å². The fourth-order valence-corrected chi connectivity index (χ4v) is 1.82. The molecule has 0 nitrogen and oxygen atoms in total. The molecule has 0 fully saturated rings. The number of allylic oxidation sites excluding steroid dienone is 1. The van der Waals surface area contributed by atoms with Crippen LogP contribution in [0.2, 0.25) is 0 Å². The van der Waals surface area contributed by atoms with E-state index in [4.69, 9.17) is 0 Å². The van der Waals surface area contributed by atoms with Crippen molar-refractivity contribution < 1.29 is 15.3 Å². The molecule has 0 radical (unpaired) electrons. The van der Waals surface area contributed by atoms with Crippen molar-refractivity contribution in [2.75, 3.05) is 0 Å². The molecule has 0 unspecified atom stereocenters. The first-order valence-electron chi connectivity index (χ1n) is 5.14. The molecule has 0 saturated heterocycles. The predicted octanol–water partition coefficient (Wildman–Crippen LogP) is 3.47. The summed E-state index contributed by atoms with van der Waals surface area (Å²) < 4.78 is 0. The van der Waals surface area contributed by atoms with E-state index in [9.17, 15) is 0 Å². The van der Waals surface area contributed by atoms with E-state index in [0.717, 1.165) is 0 Å². The molecule has 0 aliphatic carbocycles. The second-order valence-electron chi connectivity index (χ2n) is 3.42. The molecule has 0 heterocycles. The molecule has 0 aliphatic rings. The van der Waals surface area contributed by atoms with Gasteiger partial charge in [0.15, 0.2) is 0 Å². The standard InChI is InChI=1S/C15H12.Co/c1-2-15(13-9-5-3-6-10-13)14-11-7-4-8-12-14;/h1-12H;. The Morgan fingerprint density at radius 3 is 1.56 bits per heavy atom. The van der Waals surface area contributed by atoms with Gasteiger partial charge in [0.2, 0.25) is 0 Å². The Kier molecular flexibility index (Phi) is 3.86. The third-order valence-electron chi connectivity index (χ3n) is 2.39. The summed E-state index contributed by atoms with van der Waals surface area (Å²) in [6.07, 6.45) is 2.02. The molecule has 0 N–H and O–H groups in total. The normalized spacial score (nSPS) is 9.56. The van der Waals surface area contributed by atoms with Gasteiger partial charge in [-0.05, 0) is 0 Å². The van der Waals surface area contributed by atoms with E-state index in [1.54, 1.807) is 4.96 Å². The average Bonchev–Trinajstić information content (AvgIpc) is 2.38. The first kappa shape index (κ1) is 11.1. The van der Waals surface area contributed by atoms with Gasteiger partial charge < -0.3 is 0 Å². The molecule has 0 bridgehead atoms. The van der Waals surface area contributed by atoms with Crippen molar-refractivity contribution in [3.63, 3.8) is 0 Å². The molecular weight excluding hydrogens is 239 g/mol. The minimum atomic E-state index is 1.19. The molecule has 0 amide bonds. The van der Waals surface area contributed by atoms with Crippen molar-refractivity contribution in [1.82, 2.24) is 0 Å². The van der Waals surface area contributed by atoms with Gasteiger partial charge in [-0.15, -0.1) is 0 Å². The molecule has 0 spiro atoms. The maximum absolute atomic E-state index is 4.21. The molecule has 0 aliphatic heterocycles. The van der Waals surface area contributed by atoms with Crippen molar-refractivity contribution in [2.24, 2.45) is 0 Å². The Morgan fingerprint density at radius 1 is 0.750 bits per heavy atom. The zero-order valence-electron chi connectivity index (χ0n) is 8.76. The zero-order valence-corrected chi connectivity index (χ0v) is 9.80. The van der Waals surface area contributed by atoms with E-state index in [1.165, 1.54) is 16.7 Å². The van der Waals surface area contributed by atoms with E-state index < -0.39 is 0 Å². The zero-order chi connectivity index (χ0) is 11.2. The van der Waals surface area contributed by atoms with E-state index in [0.29, 0.717) is 0 Å². The van der Waals surface area contributed by atoms with Crippen molar-refractivity contribution in [2.45, 2.75) is 0 Å². The van der Waals surface area contributed by atoms with Crippen LogP contribution in [0.5, 0.6) is 0 Å². The summed E-state index contributed by atoms with van der Waals surface area (Å²) in [7, 11) is 0. The Hall–Kier alpha value is -1.44. The van der Waals surface area contributed by atoms with Crippen molar-refractivity contribution in [3.05, 3.63) is 77.9 Å². The van der Waals surface area contributed by atoms with Crippen LogP contribution in [-0.2, 0) is 15.3 Å². The van der Waals surface area contributed by atoms with Crippen molar-refractivity contribution in [1.29, 1.82) is 0 Å². The second kappa shape index (κ2) is 5.59. The van der Waals surface area contributed by atoms with Crippen LogP contribution in [0.25, 0.3) is 5.57 Å². The van der Waals surface area contributed by atoms with Gasteiger partial charge in [0.25, 0.3) is 0 Å². The van der Waals surface area contributed by atoms with Crippen LogP contribution in [0, 0.1) is 0 Å². The fraction of sp³-hybridized carbons (Fsp3) is 0. The van der Waals surface area contributed by atoms with Gasteiger partial charge in [-0.1, -0.05) is 0 Å². The molecule has 1 heteroatoms. The first-order valence-corrected chi connectivity index (χ1v) is 5.74. The van der Waals surface area contributed by atoms with E-state index in [2.05, 4.69) is 39.6 Å². The second-order valence-corrected chi connectivity index (χ2v) is 3.77. The van der Waals surface area contributed by atoms with E-state index in [1.807, 2.05) is 42.5 Å². The quantitative estimate of drug-likeness (QED) is 0.783. The Balaban J connectivity index is 2.48. The van der Waals surface area contributed by atoms with E-state index in [-0.39, 0.29) is 0 Å². The molecule has 2 aromatic rings. The van der Waals surface area contributed by atoms with Crippen molar-refractivity contribution in [3.8, 4) is 0 Å². The van der Waals surface area contributed by atoms with Crippen LogP contribution in [-0.4, -0.2) is 4.96 Å². The van der Waals surface area contributed by atoms with Gasteiger partial charge in [-0.2, -0.15) is 0 Å². The Morgan fingerprint density at radius 2 is 1.19 bits per heavy atom. The van der Waals surface area contributed by atoms with Crippen molar-refractivity contribution >= 4 is 10.5 Å². The van der Waals surface area contributed by atoms with E-state index >= 15 is 0 Å². The van der Waals surface area contributed by atoms with Gasteiger partial charge in [0.1, 0.15) is 0 Å². The molecule has 81 valence electrons. The topological polar surface area (TPSA) is 0 Å². The third-order valence-corrected chi connectivity index (χ3v) is 2.57. The molecule has 16 heavy (non-hydrogen) atoms. The number of hydrogen-bond acceptors (Lipinski definition) is 0. The maximum atomic E-state index is 4.21. The summed E-state index contributed by atoms with van der Waals surface area (Å²) in [5.41, 5.74) is 3.60. The first-order chi connectivity index (χ1) is 7.92. The number of benzene rings is 2. The summed E-state index contributed by atoms with van der Waals surface area (Å²) in [5.74, 6) is 0. The van der Waals surface area contributed by atoms with Gasteiger partial charge in [0, 0.05) is 0 Å². The molecule has 0 aromatic heterocycles. The summed E-state index contributed by atoms with van der Waals surface area (Å²) in [6, 6.07) is 20.7. The third kappa shape index (κ3) is 2.57. The minimum absolute atomic E-state index is 1.19. The predicted molar refractivity (Wildman–Crippen MR) is 66.0 cm³/mol.